The normalized spacial score (nSPS) is 26.2. The van der Waals surface area contributed by atoms with Crippen LogP contribution < -0.4 is 4.74 Å². The van der Waals surface area contributed by atoms with E-state index in [2.05, 4.69) is 4.98 Å². The molecule has 4 heterocycles. The van der Waals surface area contributed by atoms with E-state index < -0.39 is 0 Å². The zero-order valence-electron chi connectivity index (χ0n) is 13.6. The van der Waals surface area contributed by atoms with Gasteiger partial charge in [0.1, 0.15) is 18.0 Å². The van der Waals surface area contributed by atoms with Crippen LogP contribution in [0, 0.1) is 6.92 Å². The van der Waals surface area contributed by atoms with Crippen LogP contribution >= 0.6 is 0 Å². The summed E-state index contributed by atoms with van der Waals surface area (Å²) in [4.78, 5) is 18.9. The molecule has 24 heavy (non-hydrogen) atoms. The third-order valence-corrected chi connectivity index (χ3v) is 4.60. The van der Waals surface area contributed by atoms with Gasteiger partial charge in [0.15, 0.2) is 5.76 Å². The molecule has 0 aromatic carbocycles. The molecule has 6 heteroatoms. The molecule has 126 valence electrons. The Morgan fingerprint density at radius 2 is 2.25 bits per heavy atom. The molecule has 2 aromatic rings. The van der Waals surface area contributed by atoms with E-state index >= 15 is 0 Å². The molecule has 1 amide bonds. The van der Waals surface area contributed by atoms with Crippen molar-refractivity contribution in [1.29, 1.82) is 0 Å². The Hall–Kier alpha value is -2.34. The number of rotatable bonds is 3. The third-order valence-electron chi connectivity index (χ3n) is 4.60. The maximum Gasteiger partial charge on any atom is 0.290 e. The average Bonchev–Trinajstić information content (AvgIpc) is 3.20. The van der Waals surface area contributed by atoms with E-state index in [1.807, 2.05) is 30.0 Å². The van der Waals surface area contributed by atoms with Crippen LogP contribution in [0.3, 0.4) is 0 Å². The minimum Gasteiger partial charge on any atom is -0.470 e. The van der Waals surface area contributed by atoms with Gasteiger partial charge in [0.05, 0.1) is 12.6 Å². The van der Waals surface area contributed by atoms with Gasteiger partial charge in [0.25, 0.3) is 5.91 Å². The van der Waals surface area contributed by atoms with Gasteiger partial charge in [-0.3, -0.25) is 4.79 Å². The Morgan fingerprint density at radius 3 is 3.00 bits per heavy atom. The fourth-order valence-corrected chi connectivity index (χ4v) is 3.51. The topological polar surface area (TPSA) is 64.8 Å². The molecule has 3 atom stereocenters. The quantitative estimate of drug-likeness (QED) is 0.866. The molecule has 0 aliphatic carbocycles. The van der Waals surface area contributed by atoms with Gasteiger partial charge in [-0.2, -0.15) is 0 Å². The van der Waals surface area contributed by atoms with Gasteiger partial charge in [-0.05, 0) is 38.0 Å². The van der Waals surface area contributed by atoms with Crippen LogP contribution in [0.25, 0.3) is 0 Å². The van der Waals surface area contributed by atoms with Gasteiger partial charge >= 0.3 is 0 Å². The summed E-state index contributed by atoms with van der Waals surface area (Å²) in [5.74, 6) is 1.56. The molecule has 6 nitrogen and oxygen atoms in total. The summed E-state index contributed by atoms with van der Waals surface area (Å²) in [6, 6.07) is 9.09. The fraction of sp³-hybridized carbons (Fsp3) is 0.444. The summed E-state index contributed by atoms with van der Waals surface area (Å²) in [6.07, 6.45) is 3.21. The second-order valence-electron chi connectivity index (χ2n) is 6.24. The van der Waals surface area contributed by atoms with E-state index in [-0.39, 0.29) is 24.2 Å². The van der Waals surface area contributed by atoms with E-state index in [0.29, 0.717) is 24.8 Å². The standard InChI is InChI=1S/C18H20N2O4/c1-12-7-8-14(23-12)18(21)20-11-15(17-13(20)5-4-10-22-17)24-16-6-2-3-9-19-16/h2-3,6-9,13,15,17H,4-5,10-11H2,1H3/t13-,15-,17+/m1/s1. The summed E-state index contributed by atoms with van der Waals surface area (Å²) in [6.45, 7) is 3.01. The maximum absolute atomic E-state index is 12.8. The first kappa shape index (κ1) is 15.2. The Kier molecular flexibility index (Phi) is 3.98. The number of pyridine rings is 1. The van der Waals surface area contributed by atoms with Crippen LogP contribution in [-0.2, 0) is 4.74 Å². The maximum atomic E-state index is 12.8. The van der Waals surface area contributed by atoms with Crippen molar-refractivity contribution in [1.82, 2.24) is 9.88 Å². The summed E-state index contributed by atoms with van der Waals surface area (Å²) in [5, 5.41) is 0. The van der Waals surface area contributed by atoms with Crippen LogP contribution in [0.1, 0.15) is 29.2 Å². The number of aryl methyl sites for hydroxylation is 1. The van der Waals surface area contributed by atoms with Gasteiger partial charge in [-0.15, -0.1) is 0 Å². The smallest absolute Gasteiger partial charge is 0.290 e. The van der Waals surface area contributed by atoms with Crippen LogP contribution in [-0.4, -0.2) is 47.2 Å². The summed E-state index contributed by atoms with van der Waals surface area (Å²) >= 11 is 0. The number of hydrogen-bond donors (Lipinski definition) is 0. The zero-order chi connectivity index (χ0) is 16.5. The van der Waals surface area contributed by atoms with E-state index in [4.69, 9.17) is 13.9 Å². The number of likely N-dealkylation sites (tertiary alicyclic amines) is 1. The highest BCUT2D eigenvalue weighted by Gasteiger charge is 2.48. The first-order chi connectivity index (χ1) is 11.7. The van der Waals surface area contributed by atoms with Crippen molar-refractivity contribution in [3.8, 4) is 5.88 Å². The lowest BCUT2D eigenvalue weighted by Crippen LogP contribution is -2.44. The van der Waals surface area contributed by atoms with E-state index in [1.165, 1.54) is 0 Å². The fourth-order valence-electron chi connectivity index (χ4n) is 3.51. The summed E-state index contributed by atoms with van der Waals surface area (Å²) in [5.41, 5.74) is 0. The molecule has 2 aliphatic heterocycles. The van der Waals surface area contributed by atoms with Gasteiger partial charge < -0.3 is 18.8 Å². The number of nitrogens with zero attached hydrogens (tertiary/aromatic N) is 2. The first-order valence-corrected chi connectivity index (χ1v) is 8.29. The highest BCUT2D eigenvalue weighted by atomic mass is 16.5. The number of furan rings is 1. The number of carbonyl (C=O) groups is 1. The highest BCUT2D eigenvalue weighted by Crippen LogP contribution is 2.32. The van der Waals surface area contributed by atoms with Crippen molar-refractivity contribution in [3.05, 3.63) is 48.0 Å². The Balaban J connectivity index is 1.56. The van der Waals surface area contributed by atoms with Gasteiger partial charge in [-0.1, -0.05) is 6.07 Å². The highest BCUT2D eigenvalue weighted by molar-refractivity contribution is 5.92. The van der Waals surface area contributed by atoms with Gasteiger partial charge in [0, 0.05) is 18.9 Å². The molecule has 0 N–H and O–H groups in total. The Bertz CT molecular complexity index is 715. The SMILES string of the molecule is Cc1ccc(C(=O)N2C[C@@H](Oc3ccccn3)[C@H]3OCCC[C@H]32)o1. The third kappa shape index (κ3) is 2.78. The molecule has 2 aliphatic rings. The summed E-state index contributed by atoms with van der Waals surface area (Å²) < 4.78 is 17.4. The van der Waals surface area contributed by atoms with E-state index in [0.717, 1.165) is 18.6 Å². The van der Waals surface area contributed by atoms with Crippen molar-refractivity contribution >= 4 is 5.91 Å². The lowest BCUT2D eigenvalue weighted by molar-refractivity contribution is -0.0456. The zero-order valence-corrected chi connectivity index (χ0v) is 13.6. The number of hydrogen-bond acceptors (Lipinski definition) is 5. The predicted octanol–water partition coefficient (Wildman–Crippen LogP) is 2.43. The largest absolute Gasteiger partial charge is 0.470 e. The Labute approximate surface area is 140 Å². The monoisotopic (exact) mass is 328 g/mol. The van der Waals surface area contributed by atoms with Crippen LogP contribution in [0.5, 0.6) is 5.88 Å². The molecule has 2 saturated heterocycles. The molecule has 0 radical (unpaired) electrons. The Morgan fingerprint density at radius 1 is 1.33 bits per heavy atom. The van der Waals surface area contributed by atoms with Crippen molar-refractivity contribution in [2.45, 2.75) is 38.0 Å². The van der Waals surface area contributed by atoms with Crippen LogP contribution in [0.2, 0.25) is 0 Å². The second-order valence-corrected chi connectivity index (χ2v) is 6.24. The molecular formula is C18H20N2O4. The van der Waals surface area contributed by atoms with Crippen molar-refractivity contribution in [3.63, 3.8) is 0 Å². The number of carbonyl (C=O) groups excluding carboxylic acids is 1. The van der Waals surface area contributed by atoms with Crippen molar-refractivity contribution in [2.75, 3.05) is 13.2 Å². The molecule has 2 fully saturated rings. The molecule has 2 aromatic heterocycles. The first-order valence-electron chi connectivity index (χ1n) is 8.29. The van der Waals surface area contributed by atoms with Crippen LogP contribution in [0.4, 0.5) is 0 Å². The van der Waals surface area contributed by atoms with E-state index in [9.17, 15) is 4.79 Å². The van der Waals surface area contributed by atoms with Crippen molar-refractivity contribution < 1.29 is 18.7 Å². The lowest BCUT2D eigenvalue weighted by atomic mass is 10.0. The number of ether oxygens (including phenoxy) is 2. The molecule has 0 spiro atoms. The number of amides is 1. The predicted molar refractivity (Wildman–Crippen MR) is 85.9 cm³/mol. The molecule has 0 saturated carbocycles. The second kappa shape index (κ2) is 6.28. The summed E-state index contributed by atoms with van der Waals surface area (Å²) in [7, 11) is 0. The lowest BCUT2D eigenvalue weighted by Gasteiger charge is -2.31. The number of fused-ring (bicyclic) bond motifs is 1. The average molecular weight is 328 g/mol. The number of aromatic nitrogens is 1. The molecular weight excluding hydrogens is 308 g/mol. The molecule has 0 unspecified atom stereocenters. The van der Waals surface area contributed by atoms with Crippen LogP contribution in [0.15, 0.2) is 40.9 Å². The van der Waals surface area contributed by atoms with Crippen molar-refractivity contribution in [2.24, 2.45) is 0 Å². The van der Waals surface area contributed by atoms with E-state index in [1.54, 1.807) is 18.3 Å². The minimum absolute atomic E-state index is 0.0189. The molecule has 4 rings (SSSR count). The van der Waals surface area contributed by atoms with Gasteiger partial charge in [0.2, 0.25) is 5.88 Å². The molecule has 0 bridgehead atoms. The van der Waals surface area contributed by atoms with Gasteiger partial charge in [-0.25, -0.2) is 4.98 Å². The minimum atomic E-state index is -0.217.